The van der Waals surface area contributed by atoms with Crippen molar-refractivity contribution in [2.24, 2.45) is 0 Å². The number of nitrogens with one attached hydrogen (secondary N) is 2. The Labute approximate surface area is 144 Å². The average molecular weight is 351 g/mol. The lowest BCUT2D eigenvalue weighted by Crippen LogP contribution is -2.57. The van der Waals surface area contributed by atoms with Crippen LogP contribution in [0.1, 0.15) is 10.4 Å². The Morgan fingerprint density at radius 2 is 1.80 bits per heavy atom. The van der Waals surface area contributed by atoms with Crippen molar-refractivity contribution in [3.63, 3.8) is 0 Å². The molecule has 0 spiro atoms. The number of hydrogen-bond donors (Lipinski definition) is 2. The molecule has 7 heteroatoms. The molecule has 1 amide bonds. The average Bonchev–Trinajstić information content (AvgIpc) is 2.61. The van der Waals surface area contributed by atoms with Gasteiger partial charge in [-0.3, -0.25) is 9.69 Å². The van der Waals surface area contributed by atoms with E-state index in [-0.39, 0.29) is 0 Å². The normalized spacial score (nSPS) is 17.4. The van der Waals surface area contributed by atoms with Gasteiger partial charge in [0.1, 0.15) is 6.04 Å². The van der Waals surface area contributed by atoms with Crippen LogP contribution in [-0.2, 0) is 0 Å². The van der Waals surface area contributed by atoms with Crippen LogP contribution in [0, 0.1) is 0 Å². The smallest absolute Gasteiger partial charge is 0.350 e. The second kappa shape index (κ2) is 7.41. The van der Waals surface area contributed by atoms with Crippen LogP contribution in [0.2, 0.25) is 0 Å². The lowest BCUT2D eigenvalue weighted by molar-refractivity contribution is -0.183. The predicted octanol–water partition coefficient (Wildman–Crippen LogP) is 2.41. The van der Waals surface area contributed by atoms with E-state index in [1.165, 1.54) is 4.90 Å². The minimum atomic E-state index is -4.38. The molecule has 0 saturated carbocycles. The lowest BCUT2D eigenvalue weighted by Gasteiger charge is -2.35. The maximum atomic E-state index is 13.4. The zero-order chi connectivity index (χ0) is 17.9. The molecule has 1 heterocycles. The number of hydrogen-bond acceptors (Lipinski definition) is 3. The van der Waals surface area contributed by atoms with Crippen LogP contribution in [0.25, 0.3) is 10.8 Å². The SMILES string of the molecule is O=C(NCC(N1CCNCC1)C(F)(F)F)c1ccc2ccccc2c1. The van der Waals surface area contributed by atoms with Gasteiger partial charge in [0.25, 0.3) is 5.91 Å². The van der Waals surface area contributed by atoms with Gasteiger partial charge in [-0.05, 0) is 22.9 Å². The van der Waals surface area contributed by atoms with E-state index in [9.17, 15) is 18.0 Å². The lowest BCUT2D eigenvalue weighted by atomic mass is 10.1. The van der Waals surface area contributed by atoms with Gasteiger partial charge in [-0.25, -0.2) is 0 Å². The van der Waals surface area contributed by atoms with Crippen LogP contribution in [0.15, 0.2) is 42.5 Å². The van der Waals surface area contributed by atoms with Crippen molar-refractivity contribution in [3.05, 3.63) is 48.0 Å². The van der Waals surface area contributed by atoms with Crippen LogP contribution in [0.4, 0.5) is 13.2 Å². The Kier molecular flexibility index (Phi) is 5.24. The third kappa shape index (κ3) is 4.29. The molecule has 0 aliphatic carbocycles. The fourth-order valence-corrected chi connectivity index (χ4v) is 3.07. The third-order valence-electron chi connectivity index (χ3n) is 4.44. The number of carbonyl (C=O) groups excluding carboxylic acids is 1. The number of amides is 1. The highest BCUT2D eigenvalue weighted by atomic mass is 19.4. The summed E-state index contributed by atoms with van der Waals surface area (Å²) in [7, 11) is 0. The highest BCUT2D eigenvalue weighted by Crippen LogP contribution is 2.25. The predicted molar refractivity (Wildman–Crippen MR) is 90.6 cm³/mol. The first-order chi connectivity index (χ1) is 11.9. The molecule has 1 atom stereocenters. The highest BCUT2D eigenvalue weighted by molar-refractivity contribution is 5.98. The van der Waals surface area contributed by atoms with Gasteiger partial charge in [-0.15, -0.1) is 0 Å². The Morgan fingerprint density at radius 3 is 2.48 bits per heavy atom. The van der Waals surface area contributed by atoms with Crippen molar-refractivity contribution in [3.8, 4) is 0 Å². The van der Waals surface area contributed by atoms with Crippen molar-refractivity contribution >= 4 is 16.7 Å². The van der Waals surface area contributed by atoms with E-state index in [0.29, 0.717) is 31.7 Å². The van der Waals surface area contributed by atoms with Crippen molar-refractivity contribution in [1.82, 2.24) is 15.5 Å². The van der Waals surface area contributed by atoms with E-state index >= 15 is 0 Å². The molecule has 1 unspecified atom stereocenters. The highest BCUT2D eigenvalue weighted by Gasteiger charge is 2.43. The summed E-state index contributed by atoms with van der Waals surface area (Å²) in [4.78, 5) is 13.7. The van der Waals surface area contributed by atoms with Gasteiger partial charge in [-0.2, -0.15) is 13.2 Å². The number of piperazine rings is 1. The van der Waals surface area contributed by atoms with Gasteiger partial charge in [0, 0.05) is 38.3 Å². The van der Waals surface area contributed by atoms with Gasteiger partial charge in [0.2, 0.25) is 0 Å². The largest absolute Gasteiger partial charge is 0.405 e. The van der Waals surface area contributed by atoms with E-state index in [2.05, 4.69) is 10.6 Å². The number of benzene rings is 2. The summed E-state index contributed by atoms with van der Waals surface area (Å²) >= 11 is 0. The van der Waals surface area contributed by atoms with E-state index in [1.807, 2.05) is 24.3 Å². The molecule has 0 aromatic heterocycles. The second-order valence-electron chi connectivity index (χ2n) is 6.12. The topological polar surface area (TPSA) is 44.4 Å². The Hall–Kier alpha value is -2.12. The fourth-order valence-electron chi connectivity index (χ4n) is 3.07. The van der Waals surface area contributed by atoms with Gasteiger partial charge < -0.3 is 10.6 Å². The van der Waals surface area contributed by atoms with E-state index in [1.54, 1.807) is 18.2 Å². The summed E-state index contributed by atoms with van der Waals surface area (Å²) in [6.45, 7) is 1.22. The first kappa shape index (κ1) is 17.7. The molecule has 1 fully saturated rings. The molecule has 2 aromatic rings. The molecule has 0 bridgehead atoms. The third-order valence-corrected chi connectivity index (χ3v) is 4.44. The second-order valence-corrected chi connectivity index (χ2v) is 6.12. The summed E-state index contributed by atoms with van der Waals surface area (Å²) in [6.07, 6.45) is -4.38. The van der Waals surface area contributed by atoms with Crippen molar-refractivity contribution in [2.75, 3.05) is 32.7 Å². The summed E-state index contributed by atoms with van der Waals surface area (Å²) in [6, 6.07) is 11.0. The van der Waals surface area contributed by atoms with E-state index in [4.69, 9.17) is 0 Å². The number of alkyl halides is 3. The minimum absolute atomic E-state index is 0.315. The summed E-state index contributed by atoms with van der Waals surface area (Å²) < 4.78 is 40.1. The quantitative estimate of drug-likeness (QED) is 0.889. The number of carbonyl (C=O) groups is 1. The molecular formula is C18H20F3N3O. The number of fused-ring (bicyclic) bond motifs is 1. The van der Waals surface area contributed by atoms with Crippen LogP contribution < -0.4 is 10.6 Å². The fraction of sp³-hybridized carbons (Fsp3) is 0.389. The minimum Gasteiger partial charge on any atom is -0.350 e. The molecule has 2 aromatic carbocycles. The standard InChI is InChI=1S/C18H20F3N3O/c19-18(20,21)16(24-9-7-22-8-10-24)12-23-17(25)15-6-5-13-3-1-2-4-14(13)11-15/h1-6,11,16,22H,7-10,12H2,(H,23,25). The van der Waals surface area contributed by atoms with Crippen LogP contribution in [0.3, 0.4) is 0 Å². The van der Waals surface area contributed by atoms with Crippen LogP contribution >= 0.6 is 0 Å². The molecule has 4 nitrogen and oxygen atoms in total. The molecule has 1 saturated heterocycles. The van der Waals surface area contributed by atoms with Gasteiger partial charge >= 0.3 is 6.18 Å². The van der Waals surface area contributed by atoms with Crippen molar-refractivity contribution < 1.29 is 18.0 Å². The Morgan fingerprint density at radius 1 is 1.12 bits per heavy atom. The maximum Gasteiger partial charge on any atom is 0.405 e. The molecule has 134 valence electrons. The van der Waals surface area contributed by atoms with E-state index in [0.717, 1.165) is 10.8 Å². The molecule has 3 rings (SSSR count). The van der Waals surface area contributed by atoms with E-state index < -0.39 is 24.7 Å². The van der Waals surface area contributed by atoms with Gasteiger partial charge in [0.05, 0.1) is 0 Å². The Balaban J connectivity index is 1.69. The molecule has 0 radical (unpaired) electrons. The monoisotopic (exact) mass is 351 g/mol. The molecule has 1 aliphatic heterocycles. The summed E-state index contributed by atoms with van der Waals surface area (Å²) in [5, 5.41) is 7.34. The first-order valence-corrected chi connectivity index (χ1v) is 8.23. The zero-order valence-electron chi connectivity index (χ0n) is 13.6. The van der Waals surface area contributed by atoms with Gasteiger partial charge in [-0.1, -0.05) is 30.3 Å². The first-order valence-electron chi connectivity index (χ1n) is 8.23. The summed E-state index contributed by atoms with van der Waals surface area (Å²) in [5.41, 5.74) is 0.361. The Bertz CT molecular complexity index is 742. The van der Waals surface area contributed by atoms with Crippen LogP contribution in [-0.4, -0.2) is 55.7 Å². The molecular weight excluding hydrogens is 331 g/mol. The maximum absolute atomic E-state index is 13.4. The molecule has 25 heavy (non-hydrogen) atoms. The number of halogens is 3. The van der Waals surface area contributed by atoms with Crippen molar-refractivity contribution in [1.29, 1.82) is 0 Å². The van der Waals surface area contributed by atoms with Crippen molar-refractivity contribution in [2.45, 2.75) is 12.2 Å². The van der Waals surface area contributed by atoms with Crippen LogP contribution in [0.5, 0.6) is 0 Å². The number of rotatable bonds is 4. The number of nitrogens with zero attached hydrogens (tertiary/aromatic N) is 1. The zero-order valence-corrected chi connectivity index (χ0v) is 13.6. The molecule has 2 N–H and O–H groups in total. The van der Waals surface area contributed by atoms with Gasteiger partial charge in [0.15, 0.2) is 0 Å². The summed E-state index contributed by atoms with van der Waals surface area (Å²) in [5.74, 6) is -0.491. The molecule has 1 aliphatic rings.